The van der Waals surface area contributed by atoms with Crippen LogP contribution in [0.2, 0.25) is 0 Å². The van der Waals surface area contributed by atoms with Crippen molar-refractivity contribution in [3.05, 3.63) is 0 Å². The molecule has 0 aliphatic carbocycles. The summed E-state index contributed by atoms with van der Waals surface area (Å²) >= 11 is 0. The molecule has 0 atom stereocenters. The molecule has 0 aromatic rings. The first-order chi connectivity index (χ1) is 3.73. The molecule has 0 amide bonds. The summed E-state index contributed by atoms with van der Waals surface area (Å²) in [6.07, 6.45) is 0. The number of hydrogen-bond acceptors (Lipinski definition) is 4. The minimum absolute atomic E-state index is 0. The molecule has 56 valence electrons. The molecule has 0 spiro atoms. The van der Waals surface area contributed by atoms with Crippen molar-refractivity contribution >= 4 is 13.8 Å². The van der Waals surface area contributed by atoms with Crippen molar-refractivity contribution in [2.75, 3.05) is 0 Å². The number of aliphatic carboxylic acids is 1. The van der Waals surface area contributed by atoms with E-state index in [1.54, 1.807) is 0 Å². The quantitative estimate of drug-likeness (QED) is 0.317. The van der Waals surface area contributed by atoms with Gasteiger partial charge >= 0.3 is 103 Å². The first-order valence-corrected chi connectivity index (χ1v) is 3.17. The van der Waals surface area contributed by atoms with Crippen LogP contribution in [-0.2, 0) is 9.36 Å². The maximum atomic E-state index is 9.00. The summed E-state index contributed by atoms with van der Waals surface area (Å²) in [5, 5.41) is 7.42. The van der Waals surface area contributed by atoms with E-state index in [2.05, 4.69) is 0 Å². The summed E-state index contributed by atoms with van der Waals surface area (Å²) in [7, 11) is -5.14. The number of hydrogen-bond donors (Lipinski definition) is 2. The Morgan fingerprint density at radius 3 is 1.36 bits per heavy atom. The van der Waals surface area contributed by atoms with E-state index in [9.17, 15) is 0 Å². The van der Waals surface area contributed by atoms with E-state index in [-0.39, 0.29) is 103 Å². The first-order valence-electron chi connectivity index (χ1n) is 1.68. The van der Waals surface area contributed by atoms with Gasteiger partial charge in [-0.05, 0) is 0 Å². The standard InChI is InChI=1S/C2H4O2.2K.H3O4P/c1-2(3)4;;;1-5(2,3)4/h1H3,(H,3,4);;;(H3,1,2,3,4)/q;2*+1;/p-2. The Balaban J connectivity index is -0.0000000383. The molecule has 0 fully saturated rings. The van der Waals surface area contributed by atoms with E-state index >= 15 is 0 Å². The Labute approximate surface area is 149 Å². The molecule has 0 unspecified atom stereocenters. The zero-order chi connectivity index (χ0) is 8.08. The van der Waals surface area contributed by atoms with Crippen molar-refractivity contribution in [3.63, 3.8) is 0 Å². The summed E-state index contributed by atoms with van der Waals surface area (Å²) in [4.78, 5) is 33.3. The Kier molecular flexibility index (Phi) is 27.5. The predicted molar refractivity (Wildman–Crippen MR) is 23.1 cm³/mol. The fourth-order valence-electron chi connectivity index (χ4n) is 0. The van der Waals surface area contributed by atoms with Gasteiger partial charge in [0.25, 0.3) is 5.97 Å². The molecule has 6 nitrogen and oxygen atoms in total. The van der Waals surface area contributed by atoms with Crippen molar-refractivity contribution in [1.29, 1.82) is 0 Å². The third-order valence-corrected chi connectivity index (χ3v) is 0. The monoisotopic (exact) mass is 234 g/mol. The molecule has 0 radical (unpaired) electrons. The topological polar surface area (TPSA) is 121 Å². The Bertz CT molecular complexity index is 118. The number of rotatable bonds is 0. The molecule has 0 saturated carbocycles. The molecule has 0 rings (SSSR count). The third kappa shape index (κ3) is 186. The van der Waals surface area contributed by atoms with Gasteiger partial charge in [0.05, 0.1) is 7.82 Å². The normalized spacial score (nSPS) is 7.64. The molecule has 0 saturated heterocycles. The van der Waals surface area contributed by atoms with Gasteiger partial charge < -0.3 is 24.4 Å². The molecule has 0 aliphatic heterocycles. The summed E-state index contributed by atoms with van der Waals surface area (Å²) in [5.41, 5.74) is 0. The number of carboxylic acid groups (broad SMARTS) is 1. The second-order valence-electron chi connectivity index (χ2n) is 0.988. The minimum Gasteiger partial charge on any atom is -0.790 e. The molecule has 11 heavy (non-hydrogen) atoms. The number of carbonyl (C=O) groups is 1. The van der Waals surface area contributed by atoms with Crippen LogP contribution >= 0.6 is 7.82 Å². The van der Waals surface area contributed by atoms with E-state index in [0.717, 1.165) is 6.92 Å². The van der Waals surface area contributed by atoms with Gasteiger partial charge in [-0.3, -0.25) is 4.79 Å². The summed E-state index contributed by atoms with van der Waals surface area (Å²) in [5.74, 6) is -0.833. The van der Waals surface area contributed by atoms with Gasteiger partial charge in [0, 0.05) is 6.92 Å². The van der Waals surface area contributed by atoms with E-state index in [1.807, 2.05) is 0 Å². The van der Waals surface area contributed by atoms with Crippen LogP contribution in [0, 0.1) is 0 Å². The molecule has 0 heterocycles. The zero-order valence-electron chi connectivity index (χ0n) is 6.47. The van der Waals surface area contributed by atoms with E-state index in [0.29, 0.717) is 0 Å². The van der Waals surface area contributed by atoms with E-state index in [1.165, 1.54) is 0 Å². The van der Waals surface area contributed by atoms with E-state index < -0.39 is 13.8 Å². The van der Waals surface area contributed by atoms with Gasteiger partial charge in [-0.25, -0.2) is 0 Å². The molecule has 0 aromatic heterocycles. The van der Waals surface area contributed by atoms with Crippen LogP contribution in [0.5, 0.6) is 0 Å². The largest absolute Gasteiger partial charge is 1.00 e. The van der Waals surface area contributed by atoms with Crippen molar-refractivity contribution in [2.24, 2.45) is 0 Å². The van der Waals surface area contributed by atoms with E-state index in [4.69, 9.17) is 29.1 Å². The molecule has 2 N–H and O–H groups in total. The van der Waals surface area contributed by atoms with Gasteiger partial charge in [-0.15, -0.1) is 0 Å². The van der Waals surface area contributed by atoms with Gasteiger partial charge in [-0.1, -0.05) is 0 Å². The van der Waals surface area contributed by atoms with Crippen LogP contribution in [0.25, 0.3) is 0 Å². The van der Waals surface area contributed by atoms with Crippen LogP contribution in [0.3, 0.4) is 0 Å². The zero-order valence-corrected chi connectivity index (χ0v) is 13.6. The SMILES string of the molecule is CC(=O)O.O=P([O-])([O-])O.[K+].[K+]. The average molecular weight is 234 g/mol. The van der Waals surface area contributed by atoms with Gasteiger partial charge in [0.15, 0.2) is 0 Å². The van der Waals surface area contributed by atoms with Gasteiger partial charge in [0.1, 0.15) is 0 Å². The first kappa shape index (κ1) is 23.6. The minimum atomic E-state index is -5.14. The van der Waals surface area contributed by atoms with Crippen molar-refractivity contribution in [3.8, 4) is 0 Å². The molecule has 0 bridgehead atoms. The maximum Gasteiger partial charge on any atom is 1.00 e. The van der Waals surface area contributed by atoms with Crippen molar-refractivity contribution in [1.82, 2.24) is 0 Å². The fraction of sp³-hybridized carbons (Fsp3) is 0.500. The average Bonchev–Trinajstić information content (AvgIpc) is 1.19. The second-order valence-corrected chi connectivity index (χ2v) is 1.92. The second kappa shape index (κ2) is 12.9. The number of phosphoric acid groups is 1. The molecular weight excluding hydrogens is 229 g/mol. The Morgan fingerprint density at radius 1 is 1.36 bits per heavy atom. The fourth-order valence-corrected chi connectivity index (χ4v) is 0. The summed E-state index contributed by atoms with van der Waals surface area (Å²) < 4.78 is 8.66. The van der Waals surface area contributed by atoms with Crippen LogP contribution in [0.4, 0.5) is 0 Å². The maximum absolute atomic E-state index is 9.00. The molecule has 9 heteroatoms. The van der Waals surface area contributed by atoms with Crippen LogP contribution in [-0.4, -0.2) is 16.0 Å². The predicted octanol–water partition coefficient (Wildman–Crippen LogP) is -8.09. The van der Waals surface area contributed by atoms with Gasteiger partial charge in [0.2, 0.25) is 0 Å². The Morgan fingerprint density at radius 2 is 1.36 bits per heavy atom. The molecule has 0 aliphatic rings. The summed E-state index contributed by atoms with van der Waals surface area (Å²) in [6.45, 7) is 1.08. The van der Waals surface area contributed by atoms with Crippen molar-refractivity contribution < 1.29 is 132 Å². The van der Waals surface area contributed by atoms with Crippen LogP contribution in [0.15, 0.2) is 0 Å². The molecular formula is C2H5K2O6P. The van der Waals surface area contributed by atoms with Crippen molar-refractivity contribution in [2.45, 2.75) is 6.92 Å². The third-order valence-electron chi connectivity index (χ3n) is 0. The van der Waals surface area contributed by atoms with Crippen LogP contribution in [0.1, 0.15) is 6.92 Å². The van der Waals surface area contributed by atoms with Crippen LogP contribution < -0.4 is 113 Å². The van der Waals surface area contributed by atoms with Gasteiger partial charge in [-0.2, -0.15) is 0 Å². The number of carboxylic acids is 1. The smallest absolute Gasteiger partial charge is 0.790 e. The Hall–Kier alpha value is 2.85. The summed E-state index contributed by atoms with van der Waals surface area (Å²) in [6, 6.07) is 0. The molecule has 0 aromatic carbocycles.